The molecule has 2 aliphatic heterocycles. The predicted octanol–water partition coefficient (Wildman–Crippen LogP) is 0.556. The molecule has 1 saturated carbocycles. The van der Waals surface area contributed by atoms with Crippen LogP contribution >= 0.6 is 0 Å². The van der Waals surface area contributed by atoms with E-state index in [0.29, 0.717) is 18.1 Å². The van der Waals surface area contributed by atoms with Gasteiger partial charge in [-0.15, -0.1) is 0 Å². The van der Waals surface area contributed by atoms with Crippen molar-refractivity contribution in [3.63, 3.8) is 0 Å². The van der Waals surface area contributed by atoms with Crippen molar-refractivity contribution in [1.82, 2.24) is 5.32 Å². The average molecular weight is 166 g/mol. The van der Waals surface area contributed by atoms with Gasteiger partial charge in [-0.05, 0) is 12.8 Å². The maximum Gasteiger partial charge on any atom is 0.187 e. The Labute approximate surface area is 72.2 Å². The van der Waals surface area contributed by atoms with E-state index >= 15 is 0 Å². The van der Waals surface area contributed by atoms with E-state index < -0.39 is 0 Å². The third-order valence-corrected chi connectivity index (χ3v) is 3.15. The number of nitrogens with zero attached hydrogens (tertiary/aromatic N) is 1. The molecule has 1 aliphatic carbocycles. The van der Waals surface area contributed by atoms with Crippen molar-refractivity contribution in [3.05, 3.63) is 0 Å². The Balaban J connectivity index is 1.73. The molecular formula is C9H14N2O. The molecule has 1 N–H and O–H groups in total. The van der Waals surface area contributed by atoms with Crippen molar-refractivity contribution in [2.45, 2.75) is 31.4 Å². The number of aliphatic imine (C=N–C) groups is 1. The molecule has 0 aromatic heterocycles. The molecule has 0 amide bonds. The summed E-state index contributed by atoms with van der Waals surface area (Å²) in [5.74, 6) is 1.74. The van der Waals surface area contributed by atoms with Crippen LogP contribution < -0.4 is 5.32 Å². The molecule has 12 heavy (non-hydrogen) atoms. The zero-order valence-corrected chi connectivity index (χ0v) is 7.12. The minimum Gasteiger partial charge on any atom is -0.474 e. The van der Waals surface area contributed by atoms with Gasteiger partial charge in [0.05, 0.1) is 0 Å². The Hall–Kier alpha value is -0.570. The molecule has 3 heteroatoms. The maximum absolute atomic E-state index is 5.78. The fourth-order valence-electron chi connectivity index (χ4n) is 2.10. The Morgan fingerprint density at radius 3 is 2.92 bits per heavy atom. The van der Waals surface area contributed by atoms with Gasteiger partial charge in [-0.1, -0.05) is 6.42 Å². The lowest BCUT2D eigenvalue weighted by atomic mass is 9.85. The van der Waals surface area contributed by atoms with Crippen LogP contribution in [-0.4, -0.2) is 31.1 Å². The van der Waals surface area contributed by atoms with Crippen LogP contribution in [0.1, 0.15) is 19.3 Å². The number of fused-ring (bicyclic) bond motifs is 1. The Morgan fingerprint density at radius 2 is 2.25 bits per heavy atom. The number of ether oxygens (including phenoxy) is 1. The first kappa shape index (κ1) is 6.89. The first-order valence-corrected chi connectivity index (χ1v) is 4.88. The van der Waals surface area contributed by atoms with Gasteiger partial charge in [0.2, 0.25) is 0 Å². The molecule has 0 spiro atoms. The quantitative estimate of drug-likeness (QED) is 0.617. The van der Waals surface area contributed by atoms with Gasteiger partial charge in [0.25, 0.3) is 0 Å². The third kappa shape index (κ3) is 0.891. The van der Waals surface area contributed by atoms with Gasteiger partial charge in [0.1, 0.15) is 12.1 Å². The average Bonchev–Trinajstić information content (AvgIpc) is 2.40. The van der Waals surface area contributed by atoms with Gasteiger partial charge in [-0.2, -0.15) is 0 Å². The first-order valence-electron chi connectivity index (χ1n) is 4.88. The molecule has 3 aliphatic rings. The number of hydrogen-bond acceptors (Lipinski definition) is 3. The number of nitrogens with one attached hydrogen (secondary N) is 1. The van der Waals surface area contributed by atoms with E-state index in [-0.39, 0.29) is 0 Å². The van der Waals surface area contributed by atoms with Gasteiger partial charge < -0.3 is 10.1 Å². The SMILES string of the molecule is C1CC(C2=NC3CNCC3O2)C1. The minimum atomic E-state index is 0.362. The summed E-state index contributed by atoms with van der Waals surface area (Å²) in [6.07, 6.45) is 4.32. The fourth-order valence-corrected chi connectivity index (χ4v) is 2.10. The first-order chi connectivity index (χ1) is 5.93. The van der Waals surface area contributed by atoms with Crippen LogP contribution in [0.15, 0.2) is 4.99 Å². The van der Waals surface area contributed by atoms with Crippen LogP contribution in [-0.2, 0) is 4.74 Å². The van der Waals surface area contributed by atoms with Crippen molar-refractivity contribution in [2.75, 3.05) is 13.1 Å². The summed E-state index contributed by atoms with van der Waals surface area (Å²) < 4.78 is 5.78. The predicted molar refractivity (Wildman–Crippen MR) is 46.3 cm³/mol. The third-order valence-electron chi connectivity index (χ3n) is 3.15. The molecule has 66 valence electrons. The molecule has 3 nitrogen and oxygen atoms in total. The molecule has 2 atom stereocenters. The van der Waals surface area contributed by atoms with E-state index in [4.69, 9.17) is 4.74 Å². The Bertz CT molecular complexity index is 223. The van der Waals surface area contributed by atoms with Crippen LogP contribution in [0.5, 0.6) is 0 Å². The van der Waals surface area contributed by atoms with Gasteiger partial charge in [0, 0.05) is 19.0 Å². The van der Waals surface area contributed by atoms with E-state index in [9.17, 15) is 0 Å². The molecular weight excluding hydrogens is 152 g/mol. The van der Waals surface area contributed by atoms with E-state index in [1.54, 1.807) is 0 Å². The minimum absolute atomic E-state index is 0.362. The Kier molecular flexibility index (Phi) is 1.41. The van der Waals surface area contributed by atoms with Crippen LogP contribution in [0.4, 0.5) is 0 Å². The number of hydrogen-bond donors (Lipinski definition) is 1. The molecule has 1 saturated heterocycles. The zero-order chi connectivity index (χ0) is 7.97. The van der Waals surface area contributed by atoms with Gasteiger partial charge >= 0.3 is 0 Å². The lowest BCUT2D eigenvalue weighted by Gasteiger charge is -2.25. The van der Waals surface area contributed by atoms with Crippen molar-refractivity contribution in [3.8, 4) is 0 Å². The highest BCUT2D eigenvalue weighted by atomic mass is 16.5. The second-order valence-electron chi connectivity index (χ2n) is 3.98. The molecule has 2 unspecified atom stereocenters. The van der Waals surface area contributed by atoms with Gasteiger partial charge in [-0.25, -0.2) is 4.99 Å². The smallest absolute Gasteiger partial charge is 0.187 e. The second kappa shape index (κ2) is 2.46. The molecule has 0 aromatic rings. The van der Waals surface area contributed by atoms with Crippen molar-refractivity contribution in [2.24, 2.45) is 10.9 Å². The summed E-state index contributed by atoms with van der Waals surface area (Å²) in [4.78, 5) is 4.60. The summed E-state index contributed by atoms with van der Waals surface area (Å²) in [6.45, 7) is 2.01. The summed E-state index contributed by atoms with van der Waals surface area (Å²) in [6, 6.07) is 0.431. The van der Waals surface area contributed by atoms with Crippen molar-refractivity contribution in [1.29, 1.82) is 0 Å². The van der Waals surface area contributed by atoms with E-state index in [1.807, 2.05) is 0 Å². The number of rotatable bonds is 1. The maximum atomic E-state index is 5.78. The van der Waals surface area contributed by atoms with E-state index in [2.05, 4.69) is 10.3 Å². The molecule has 0 aromatic carbocycles. The highest BCUT2D eigenvalue weighted by Gasteiger charge is 2.38. The monoisotopic (exact) mass is 166 g/mol. The normalized spacial score (nSPS) is 40.2. The lowest BCUT2D eigenvalue weighted by Crippen LogP contribution is -2.26. The summed E-state index contributed by atoms with van der Waals surface area (Å²) >= 11 is 0. The van der Waals surface area contributed by atoms with Crippen LogP contribution in [0, 0.1) is 5.92 Å². The van der Waals surface area contributed by atoms with Gasteiger partial charge in [0.15, 0.2) is 5.90 Å². The van der Waals surface area contributed by atoms with E-state index in [1.165, 1.54) is 19.3 Å². The molecule has 0 bridgehead atoms. The molecule has 2 heterocycles. The second-order valence-corrected chi connectivity index (χ2v) is 3.98. The van der Waals surface area contributed by atoms with Gasteiger partial charge in [-0.3, -0.25) is 0 Å². The van der Waals surface area contributed by atoms with E-state index in [0.717, 1.165) is 19.0 Å². The summed E-state index contributed by atoms with van der Waals surface area (Å²) in [5, 5.41) is 3.29. The lowest BCUT2D eigenvalue weighted by molar-refractivity contribution is 0.197. The summed E-state index contributed by atoms with van der Waals surface area (Å²) in [5.41, 5.74) is 0. The zero-order valence-electron chi connectivity index (χ0n) is 7.12. The molecule has 2 fully saturated rings. The molecule has 3 rings (SSSR count). The van der Waals surface area contributed by atoms with Crippen LogP contribution in [0.3, 0.4) is 0 Å². The van der Waals surface area contributed by atoms with Crippen LogP contribution in [0.2, 0.25) is 0 Å². The highest BCUT2D eigenvalue weighted by Crippen LogP contribution is 2.32. The van der Waals surface area contributed by atoms with Crippen molar-refractivity contribution >= 4 is 5.90 Å². The summed E-state index contributed by atoms with van der Waals surface area (Å²) in [7, 11) is 0. The largest absolute Gasteiger partial charge is 0.474 e. The Morgan fingerprint density at radius 1 is 1.33 bits per heavy atom. The highest BCUT2D eigenvalue weighted by molar-refractivity contribution is 5.81. The topological polar surface area (TPSA) is 33.6 Å². The van der Waals surface area contributed by atoms with Crippen LogP contribution in [0.25, 0.3) is 0 Å². The molecule has 0 radical (unpaired) electrons. The fraction of sp³-hybridized carbons (Fsp3) is 0.889. The standard InChI is InChI=1S/C9H14N2O/c1-2-6(3-1)9-11-7-4-10-5-8(7)12-9/h6-8,10H,1-5H2. The van der Waals surface area contributed by atoms with Crippen molar-refractivity contribution < 1.29 is 4.74 Å².